The molecule has 0 aromatic rings. The summed E-state index contributed by atoms with van der Waals surface area (Å²) in [6.07, 6.45) is 19.8. The molecule has 0 atom stereocenters. The molecular formula is C33H74N2O4. The van der Waals surface area contributed by atoms with Crippen molar-refractivity contribution in [2.75, 3.05) is 52.4 Å². The summed E-state index contributed by atoms with van der Waals surface area (Å²) in [6.45, 7) is 30.0. The largest absolute Gasteiger partial charge is 0.652 e. The molecule has 0 heterocycles. The first kappa shape index (κ1) is 45.1. The fourth-order valence-electron chi connectivity index (χ4n) is 5.29. The van der Waals surface area contributed by atoms with Gasteiger partial charge >= 0.3 is 0 Å². The zero-order valence-electron chi connectivity index (χ0n) is 28.1. The normalized spacial score (nSPS) is 11.1. The van der Waals surface area contributed by atoms with Gasteiger partial charge in [-0.05, 0) is 57.5 Å². The average Bonchev–Trinajstić information content (AvgIpc) is 2.91. The van der Waals surface area contributed by atoms with Crippen LogP contribution in [0.15, 0.2) is 0 Å². The highest BCUT2D eigenvalue weighted by Crippen LogP contribution is 2.17. The average molecular weight is 563 g/mol. The second-order valence-corrected chi connectivity index (χ2v) is 11.6. The van der Waals surface area contributed by atoms with Crippen LogP contribution in [0, 0.1) is 0 Å². The van der Waals surface area contributed by atoms with Crippen molar-refractivity contribution in [3.8, 4) is 0 Å². The Hall–Kier alpha value is -0.850. The zero-order chi connectivity index (χ0) is 29.5. The van der Waals surface area contributed by atoms with E-state index in [2.05, 4.69) is 55.4 Å². The van der Waals surface area contributed by atoms with E-state index in [1.807, 2.05) is 0 Å². The Morgan fingerprint density at radius 3 is 0.564 bits per heavy atom. The van der Waals surface area contributed by atoms with Gasteiger partial charge in [-0.15, -0.1) is 0 Å². The standard InChI is InChI=1S/2C16H36N.CH2O3.H2O/c2*1-5-9-13-17(14-10-6-2,15-11-7-3)16-12-8-4;2-1(3)4;/h2*5-16H2,1-4H3;(H2,2,3,4);1H2/q2*+1;;/p-2. The number of rotatable bonds is 24. The molecular weight excluding hydrogens is 488 g/mol. The highest BCUT2D eigenvalue weighted by Gasteiger charge is 2.25. The third kappa shape index (κ3) is 29.9. The Morgan fingerprint density at radius 2 is 0.487 bits per heavy atom. The Bertz CT molecular complexity index is 360. The monoisotopic (exact) mass is 563 g/mol. The van der Waals surface area contributed by atoms with Gasteiger partial charge in [-0.2, -0.15) is 0 Å². The minimum atomic E-state index is -2.33. The van der Waals surface area contributed by atoms with Crippen LogP contribution >= 0.6 is 0 Å². The molecule has 240 valence electrons. The van der Waals surface area contributed by atoms with Gasteiger partial charge in [0.25, 0.3) is 0 Å². The molecule has 0 amide bonds. The number of unbranched alkanes of at least 4 members (excludes halogenated alkanes) is 8. The van der Waals surface area contributed by atoms with Gasteiger partial charge < -0.3 is 29.4 Å². The Kier molecular flexibility index (Phi) is 38.6. The van der Waals surface area contributed by atoms with Gasteiger partial charge in [0.1, 0.15) is 0 Å². The summed E-state index contributed by atoms with van der Waals surface area (Å²) in [5.74, 6) is 0. The molecule has 0 aliphatic rings. The van der Waals surface area contributed by atoms with Crippen LogP contribution in [0.4, 0.5) is 4.79 Å². The molecule has 0 spiro atoms. The maximum absolute atomic E-state index is 8.33. The van der Waals surface area contributed by atoms with Crippen LogP contribution in [0.2, 0.25) is 0 Å². The van der Waals surface area contributed by atoms with Crippen LogP contribution in [0.1, 0.15) is 158 Å². The van der Waals surface area contributed by atoms with E-state index < -0.39 is 6.16 Å². The minimum Gasteiger partial charge on any atom is -0.652 e. The first-order chi connectivity index (χ1) is 18.2. The molecule has 0 aromatic carbocycles. The van der Waals surface area contributed by atoms with Crippen LogP contribution in [0.5, 0.6) is 0 Å². The molecule has 0 bridgehead atoms. The first-order valence-electron chi connectivity index (χ1n) is 16.8. The summed E-state index contributed by atoms with van der Waals surface area (Å²) in [7, 11) is 0. The van der Waals surface area contributed by atoms with Crippen molar-refractivity contribution in [1.82, 2.24) is 0 Å². The molecule has 0 aromatic heterocycles. The molecule has 0 unspecified atom stereocenters. The molecule has 0 fully saturated rings. The van der Waals surface area contributed by atoms with E-state index in [0.717, 1.165) is 0 Å². The van der Waals surface area contributed by atoms with Gasteiger partial charge in [0.15, 0.2) is 0 Å². The van der Waals surface area contributed by atoms with Crippen molar-refractivity contribution in [1.29, 1.82) is 0 Å². The maximum atomic E-state index is 8.33. The smallest absolute Gasteiger partial charge is 0.0786 e. The Labute approximate surface area is 246 Å². The fraction of sp³-hybridized carbons (Fsp3) is 0.970. The molecule has 0 saturated heterocycles. The van der Waals surface area contributed by atoms with Crippen molar-refractivity contribution < 1.29 is 29.4 Å². The second-order valence-electron chi connectivity index (χ2n) is 11.6. The van der Waals surface area contributed by atoms with E-state index in [-0.39, 0.29) is 5.48 Å². The third-order valence-electron chi connectivity index (χ3n) is 7.89. The topological polar surface area (TPSA) is 94.7 Å². The van der Waals surface area contributed by atoms with Crippen molar-refractivity contribution in [2.45, 2.75) is 158 Å². The highest BCUT2D eigenvalue weighted by atomic mass is 16.6. The highest BCUT2D eigenvalue weighted by molar-refractivity contribution is 5.47. The van der Waals surface area contributed by atoms with Crippen molar-refractivity contribution in [3.05, 3.63) is 0 Å². The van der Waals surface area contributed by atoms with E-state index in [1.165, 1.54) is 164 Å². The summed E-state index contributed by atoms with van der Waals surface area (Å²) in [5.41, 5.74) is 0. The molecule has 0 aliphatic carbocycles. The molecule has 2 N–H and O–H groups in total. The predicted molar refractivity (Wildman–Crippen MR) is 168 cm³/mol. The number of hydrogen-bond donors (Lipinski definition) is 0. The summed E-state index contributed by atoms with van der Waals surface area (Å²) >= 11 is 0. The van der Waals surface area contributed by atoms with Crippen LogP contribution < -0.4 is 10.2 Å². The minimum absolute atomic E-state index is 0. The first-order valence-corrected chi connectivity index (χ1v) is 16.8. The van der Waals surface area contributed by atoms with Gasteiger partial charge in [0, 0.05) is 0 Å². The molecule has 6 heteroatoms. The number of carbonyl (C=O) groups excluding carboxylic acids is 1. The number of quaternary nitrogens is 2. The third-order valence-corrected chi connectivity index (χ3v) is 7.89. The summed E-state index contributed by atoms with van der Waals surface area (Å²) in [5, 5.41) is 16.7. The van der Waals surface area contributed by atoms with Crippen LogP contribution in [-0.2, 0) is 0 Å². The number of hydrogen-bond acceptors (Lipinski definition) is 3. The lowest BCUT2D eigenvalue weighted by Crippen LogP contribution is -2.50. The van der Waals surface area contributed by atoms with E-state index in [0.29, 0.717) is 0 Å². The summed E-state index contributed by atoms with van der Waals surface area (Å²) in [4.78, 5) is 8.33. The van der Waals surface area contributed by atoms with Crippen LogP contribution in [0.25, 0.3) is 0 Å². The van der Waals surface area contributed by atoms with Crippen LogP contribution in [-0.4, -0.2) is 73.0 Å². The fourth-order valence-corrected chi connectivity index (χ4v) is 5.29. The van der Waals surface area contributed by atoms with Gasteiger partial charge in [-0.1, -0.05) is 107 Å². The SMILES string of the molecule is CCCC[N+](CCCC)(CCCC)CCCC.CCCC[N+](CCCC)(CCCC)CCCC.O.O=C([O-])[O-]. The van der Waals surface area contributed by atoms with Gasteiger partial charge in [0.05, 0.1) is 52.4 Å². The van der Waals surface area contributed by atoms with Crippen molar-refractivity contribution >= 4 is 6.16 Å². The predicted octanol–water partition coefficient (Wildman–Crippen LogP) is 6.74. The molecule has 0 radical (unpaired) electrons. The van der Waals surface area contributed by atoms with Gasteiger partial charge in [-0.25, -0.2) is 0 Å². The van der Waals surface area contributed by atoms with Gasteiger partial charge in [0.2, 0.25) is 0 Å². The van der Waals surface area contributed by atoms with Crippen LogP contribution in [0.3, 0.4) is 0 Å². The number of nitrogens with zero attached hydrogens (tertiary/aromatic N) is 2. The molecule has 0 saturated carbocycles. The lowest BCUT2D eigenvalue weighted by molar-refractivity contribution is -0.929. The zero-order valence-corrected chi connectivity index (χ0v) is 28.1. The molecule has 6 nitrogen and oxygen atoms in total. The van der Waals surface area contributed by atoms with Crippen molar-refractivity contribution in [3.63, 3.8) is 0 Å². The van der Waals surface area contributed by atoms with E-state index >= 15 is 0 Å². The quantitative estimate of drug-likeness (QED) is 0.122. The molecule has 0 aliphatic heterocycles. The summed E-state index contributed by atoms with van der Waals surface area (Å²) in [6, 6.07) is 0. The van der Waals surface area contributed by atoms with Crippen molar-refractivity contribution in [2.24, 2.45) is 0 Å². The maximum Gasteiger partial charge on any atom is 0.0786 e. The van der Waals surface area contributed by atoms with E-state index in [1.54, 1.807) is 0 Å². The molecule has 0 rings (SSSR count). The number of carboxylic acid groups (broad SMARTS) is 2. The molecule has 39 heavy (non-hydrogen) atoms. The van der Waals surface area contributed by atoms with E-state index in [4.69, 9.17) is 15.0 Å². The van der Waals surface area contributed by atoms with Gasteiger partial charge in [-0.3, -0.25) is 0 Å². The second kappa shape index (κ2) is 33.4. The lowest BCUT2D eigenvalue weighted by atomic mass is 10.1. The Balaban J connectivity index is -0.000000270. The summed E-state index contributed by atoms with van der Waals surface area (Å²) < 4.78 is 2.84. The van der Waals surface area contributed by atoms with E-state index in [9.17, 15) is 0 Å². The lowest BCUT2D eigenvalue weighted by Gasteiger charge is -2.39. The Morgan fingerprint density at radius 1 is 0.385 bits per heavy atom. The number of carbonyl (C=O) groups is 1.